The van der Waals surface area contributed by atoms with Crippen LogP contribution in [0.25, 0.3) is 0 Å². The van der Waals surface area contributed by atoms with Gasteiger partial charge in [-0.05, 0) is 25.3 Å². The molecule has 22 heavy (non-hydrogen) atoms. The standard InChI is InChI=1S/C14H27F3N4.HI/c1-11-7-12(2)9-21(8-11)13(18-3)19-5-6-20(4)10-14(15,16)17;/h11-12H,5-10H2,1-4H3,(H,18,19);1H. The minimum Gasteiger partial charge on any atom is -0.355 e. The number of likely N-dealkylation sites (N-methyl/N-ethyl adjacent to an activating group) is 1. The molecule has 0 amide bonds. The van der Waals surface area contributed by atoms with Gasteiger partial charge in [-0.1, -0.05) is 13.8 Å². The molecule has 1 heterocycles. The lowest BCUT2D eigenvalue weighted by Gasteiger charge is -2.37. The van der Waals surface area contributed by atoms with Gasteiger partial charge < -0.3 is 10.2 Å². The van der Waals surface area contributed by atoms with Gasteiger partial charge in [0.05, 0.1) is 6.54 Å². The van der Waals surface area contributed by atoms with Crippen molar-refractivity contribution in [2.75, 3.05) is 46.8 Å². The normalized spacial score (nSPS) is 23.5. The van der Waals surface area contributed by atoms with E-state index < -0.39 is 12.7 Å². The number of nitrogens with one attached hydrogen (secondary N) is 1. The molecule has 1 aliphatic heterocycles. The molecule has 0 saturated carbocycles. The molecule has 1 aliphatic rings. The molecule has 1 fully saturated rings. The third kappa shape index (κ3) is 8.40. The molecule has 0 aliphatic carbocycles. The average molecular weight is 436 g/mol. The van der Waals surface area contributed by atoms with Crippen LogP contribution in [0.4, 0.5) is 13.2 Å². The Bertz CT molecular complexity index is 339. The lowest BCUT2D eigenvalue weighted by Crippen LogP contribution is -2.49. The second-order valence-electron chi connectivity index (χ2n) is 6.18. The summed E-state index contributed by atoms with van der Waals surface area (Å²) in [4.78, 5) is 7.71. The van der Waals surface area contributed by atoms with E-state index in [0.29, 0.717) is 24.9 Å². The van der Waals surface area contributed by atoms with Crippen molar-refractivity contribution in [2.24, 2.45) is 16.8 Å². The molecule has 1 rings (SSSR count). The third-order valence-electron chi connectivity index (χ3n) is 3.61. The van der Waals surface area contributed by atoms with Gasteiger partial charge in [0.25, 0.3) is 0 Å². The molecular formula is C14H28F3IN4. The van der Waals surface area contributed by atoms with Gasteiger partial charge in [-0.25, -0.2) is 0 Å². The zero-order valence-corrected chi connectivity index (χ0v) is 16.1. The van der Waals surface area contributed by atoms with Gasteiger partial charge in [0, 0.05) is 33.2 Å². The van der Waals surface area contributed by atoms with E-state index in [1.165, 1.54) is 18.4 Å². The van der Waals surface area contributed by atoms with Gasteiger partial charge in [0.15, 0.2) is 5.96 Å². The van der Waals surface area contributed by atoms with E-state index in [9.17, 15) is 13.2 Å². The Morgan fingerprint density at radius 3 is 2.27 bits per heavy atom. The first kappa shape index (κ1) is 21.8. The number of alkyl halides is 3. The van der Waals surface area contributed by atoms with E-state index in [1.54, 1.807) is 7.05 Å². The Morgan fingerprint density at radius 2 is 1.82 bits per heavy atom. The summed E-state index contributed by atoms with van der Waals surface area (Å²) in [6, 6.07) is 0. The molecule has 0 radical (unpaired) electrons. The van der Waals surface area contributed by atoms with Gasteiger partial charge in [-0.15, -0.1) is 24.0 Å². The van der Waals surface area contributed by atoms with Crippen LogP contribution in [0.5, 0.6) is 0 Å². The average Bonchev–Trinajstić information content (AvgIpc) is 2.31. The van der Waals surface area contributed by atoms with Gasteiger partial charge in [0.2, 0.25) is 0 Å². The number of nitrogens with zero attached hydrogens (tertiary/aromatic N) is 3. The van der Waals surface area contributed by atoms with Crippen LogP contribution in [-0.4, -0.2) is 68.8 Å². The van der Waals surface area contributed by atoms with E-state index in [0.717, 1.165) is 19.0 Å². The fourth-order valence-electron chi connectivity index (χ4n) is 2.91. The van der Waals surface area contributed by atoms with E-state index in [4.69, 9.17) is 0 Å². The number of halogens is 4. The molecule has 0 aromatic rings. The van der Waals surface area contributed by atoms with E-state index in [2.05, 4.69) is 29.1 Å². The van der Waals surface area contributed by atoms with Crippen LogP contribution in [-0.2, 0) is 0 Å². The molecule has 0 bridgehead atoms. The maximum atomic E-state index is 12.2. The largest absolute Gasteiger partial charge is 0.401 e. The highest BCUT2D eigenvalue weighted by Crippen LogP contribution is 2.20. The highest BCUT2D eigenvalue weighted by Gasteiger charge is 2.29. The number of rotatable bonds is 4. The van der Waals surface area contributed by atoms with Gasteiger partial charge in [-0.2, -0.15) is 13.2 Å². The smallest absolute Gasteiger partial charge is 0.355 e. The van der Waals surface area contributed by atoms with Crippen molar-refractivity contribution in [1.82, 2.24) is 15.1 Å². The lowest BCUT2D eigenvalue weighted by atomic mass is 9.92. The van der Waals surface area contributed by atoms with Crippen molar-refractivity contribution in [3.8, 4) is 0 Å². The molecule has 0 aromatic heterocycles. The number of guanidine groups is 1. The first-order valence-electron chi connectivity index (χ1n) is 7.42. The molecule has 4 nitrogen and oxygen atoms in total. The Labute approximate surface area is 148 Å². The van der Waals surface area contributed by atoms with Crippen molar-refractivity contribution >= 4 is 29.9 Å². The van der Waals surface area contributed by atoms with E-state index >= 15 is 0 Å². The molecule has 0 aromatic carbocycles. The predicted octanol–water partition coefficient (Wildman–Crippen LogP) is 2.65. The number of hydrogen-bond donors (Lipinski definition) is 1. The van der Waals surface area contributed by atoms with Gasteiger partial charge in [-0.3, -0.25) is 9.89 Å². The first-order chi connectivity index (χ1) is 9.71. The second-order valence-corrected chi connectivity index (χ2v) is 6.18. The lowest BCUT2D eigenvalue weighted by molar-refractivity contribution is -0.142. The van der Waals surface area contributed by atoms with Crippen LogP contribution in [0.1, 0.15) is 20.3 Å². The Hall–Kier alpha value is -0.250. The van der Waals surface area contributed by atoms with Crippen LogP contribution in [0, 0.1) is 11.8 Å². The Kier molecular flexibility index (Phi) is 9.68. The fourth-order valence-corrected chi connectivity index (χ4v) is 2.91. The molecule has 0 spiro atoms. The predicted molar refractivity (Wildman–Crippen MR) is 94.8 cm³/mol. The van der Waals surface area contributed by atoms with Crippen molar-refractivity contribution in [3.63, 3.8) is 0 Å². The molecule has 2 unspecified atom stereocenters. The monoisotopic (exact) mass is 436 g/mol. The highest BCUT2D eigenvalue weighted by atomic mass is 127. The fraction of sp³-hybridized carbons (Fsp3) is 0.929. The number of piperidine rings is 1. The maximum absolute atomic E-state index is 12.2. The van der Waals surface area contributed by atoms with Gasteiger partial charge >= 0.3 is 6.18 Å². The van der Waals surface area contributed by atoms with Crippen LogP contribution in [0.2, 0.25) is 0 Å². The van der Waals surface area contributed by atoms with Crippen LogP contribution >= 0.6 is 24.0 Å². The Morgan fingerprint density at radius 1 is 1.27 bits per heavy atom. The van der Waals surface area contributed by atoms with Crippen molar-refractivity contribution in [2.45, 2.75) is 26.4 Å². The molecule has 2 atom stereocenters. The van der Waals surface area contributed by atoms with E-state index in [1.807, 2.05) is 0 Å². The molecule has 1 saturated heterocycles. The maximum Gasteiger partial charge on any atom is 0.401 e. The van der Waals surface area contributed by atoms with Crippen molar-refractivity contribution in [3.05, 3.63) is 0 Å². The summed E-state index contributed by atoms with van der Waals surface area (Å²) < 4.78 is 36.7. The second kappa shape index (κ2) is 9.79. The molecule has 8 heteroatoms. The zero-order chi connectivity index (χ0) is 16.0. The van der Waals surface area contributed by atoms with Crippen LogP contribution < -0.4 is 5.32 Å². The first-order valence-corrected chi connectivity index (χ1v) is 7.42. The highest BCUT2D eigenvalue weighted by molar-refractivity contribution is 14.0. The summed E-state index contributed by atoms with van der Waals surface area (Å²) in [6.07, 6.45) is -2.93. The third-order valence-corrected chi connectivity index (χ3v) is 3.61. The summed E-state index contributed by atoms with van der Waals surface area (Å²) in [6.45, 7) is 6.23. The topological polar surface area (TPSA) is 30.9 Å². The summed E-state index contributed by atoms with van der Waals surface area (Å²) in [5.41, 5.74) is 0. The summed E-state index contributed by atoms with van der Waals surface area (Å²) >= 11 is 0. The number of aliphatic imine (C=N–C) groups is 1. The number of likely N-dealkylation sites (tertiary alicyclic amines) is 1. The SMILES string of the molecule is CN=C(NCCN(C)CC(F)(F)F)N1CC(C)CC(C)C1.I. The molecule has 132 valence electrons. The number of hydrogen-bond acceptors (Lipinski definition) is 2. The summed E-state index contributed by atoms with van der Waals surface area (Å²) in [5, 5.41) is 3.16. The molecule has 1 N–H and O–H groups in total. The zero-order valence-electron chi connectivity index (χ0n) is 13.8. The molecular weight excluding hydrogens is 408 g/mol. The summed E-state index contributed by atoms with van der Waals surface area (Å²) in [7, 11) is 3.19. The summed E-state index contributed by atoms with van der Waals surface area (Å²) in [5.74, 6) is 2.01. The van der Waals surface area contributed by atoms with Crippen LogP contribution in [0.15, 0.2) is 4.99 Å². The van der Waals surface area contributed by atoms with E-state index in [-0.39, 0.29) is 24.0 Å². The van der Waals surface area contributed by atoms with Crippen LogP contribution in [0.3, 0.4) is 0 Å². The minimum atomic E-state index is -4.14. The minimum absolute atomic E-state index is 0. The van der Waals surface area contributed by atoms with Gasteiger partial charge in [0.1, 0.15) is 0 Å². The Balaban J connectivity index is 0.00000441. The van der Waals surface area contributed by atoms with Crippen molar-refractivity contribution in [1.29, 1.82) is 0 Å². The van der Waals surface area contributed by atoms with Crippen molar-refractivity contribution < 1.29 is 13.2 Å². The quantitative estimate of drug-likeness (QED) is 0.418.